The average Bonchev–Trinajstić information content (AvgIpc) is 2.42. The first-order chi connectivity index (χ1) is 9.16. The van der Waals surface area contributed by atoms with Crippen LogP contribution in [0.3, 0.4) is 0 Å². The van der Waals surface area contributed by atoms with Gasteiger partial charge in [0.25, 0.3) is 5.91 Å². The van der Waals surface area contributed by atoms with Crippen LogP contribution in [0.1, 0.15) is 15.9 Å². The standard InChI is InChI=1S/C13H10IN3O2/c14-10-1-2-12(18)11(7-10)13(19)17-16-8-9-3-5-15-6-4-9/h1-8,18H,(H,17,19)/b16-8+. The summed E-state index contributed by atoms with van der Waals surface area (Å²) in [7, 11) is 0. The van der Waals surface area contributed by atoms with Crippen molar-refractivity contribution in [3.63, 3.8) is 0 Å². The summed E-state index contributed by atoms with van der Waals surface area (Å²) >= 11 is 2.07. The van der Waals surface area contributed by atoms with E-state index in [-0.39, 0.29) is 11.3 Å². The predicted molar refractivity (Wildman–Crippen MR) is 80.1 cm³/mol. The molecule has 1 amide bonds. The van der Waals surface area contributed by atoms with E-state index in [1.165, 1.54) is 12.3 Å². The van der Waals surface area contributed by atoms with Gasteiger partial charge in [-0.3, -0.25) is 9.78 Å². The maximum absolute atomic E-state index is 11.8. The van der Waals surface area contributed by atoms with Crippen molar-refractivity contribution in [2.75, 3.05) is 0 Å². The van der Waals surface area contributed by atoms with Gasteiger partial charge in [0, 0.05) is 16.0 Å². The fourth-order valence-electron chi connectivity index (χ4n) is 1.37. The molecular weight excluding hydrogens is 357 g/mol. The van der Waals surface area contributed by atoms with Crippen LogP contribution in [-0.4, -0.2) is 22.2 Å². The molecule has 1 aromatic carbocycles. The third kappa shape index (κ3) is 3.75. The van der Waals surface area contributed by atoms with Gasteiger partial charge in [-0.15, -0.1) is 0 Å². The Morgan fingerprint density at radius 2 is 2.05 bits per heavy atom. The molecule has 6 heteroatoms. The smallest absolute Gasteiger partial charge is 0.275 e. The number of pyridine rings is 1. The maximum Gasteiger partial charge on any atom is 0.275 e. The first-order valence-electron chi connectivity index (χ1n) is 5.39. The zero-order chi connectivity index (χ0) is 13.7. The number of carbonyl (C=O) groups excluding carboxylic acids is 1. The minimum absolute atomic E-state index is 0.0722. The molecule has 5 nitrogen and oxygen atoms in total. The van der Waals surface area contributed by atoms with E-state index in [1.807, 2.05) is 0 Å². The van der Waals surface area contributed by atoms with Crippen LogP contribution in [0.4, 0.5) is 0 Å². The SMILES string of the molecule is O=C(N/N=C/c1ccncc1)c1cc(I)ccc1O. The Morgan fingerprint density at radius 1 is 1.32 bits per heavy atom. The van der Waals surface area contributed by atoms with E-state index >= 15 is 0 Å². The second-order valence-electron chi connectivity index (χ2n) is 3.64. The molecule has 0 aliphatic heterocycles. The Balaban J connectivity index is 2.06. The molecular formula is C13H10IN3O2. The summed E-state index contributed by atoms with van der Waals surface area (Å²) in [6, 6.07) is 8.31. The minimum Gasteiger partial charge on any atom is -0.507 e. The van der Waals surface area contributed by atoms with Crippen LogP contribution in [0.5, 0.6) is 5.75 Å². The molecule has 0 saturated carbocycles. The molecule has 1 heterocycles. The lowest BCUT2D eigenvalue weighted by Crippen LogP contribution is -2.17. The highest BCUT2D eigenvalue weighted by atomic mass is 127. The normalized spacial score (nSPS) is 10.6. The van der Waals surface area contributed by atoms with Crippen LogP contribution < -0.4 is 5.43 Å². The first kappa shape index (κ1) is 13.5. The molecule has 0 spiro atoms. The van der Waals surface area contributed by atoms with E-state index in [9.17, 15) is 9.90 Å². The number of hydrogen-bond donors (Lipinski definition) is 2. The lowest BCUT2D eigenvalue weighted by Gasteiger charge is -2.03. The monoisotopic (exact) mass is 367 g/mol. The molecule has 19 heavy (non-hydrogen) atoms. The third-order valence-corrected chi connectivity index (χ3v) is 2.96. The van der Waals surface area contributed by atoms with Gasteiger partial charge in [0.1, 0.15) is 5.75 Å². The summed E-state index contributed by atoms with van der Waals surface area (Å²) in [6.07, 6.45) is 4.77. The van der Waals surface area contributed by atoms with Crippen molar-refractivity contribution in [3.8, 4) is 5.75 Å². The number of carbonyl (C=O) groups is 1. The van der Waals surface area contributed by atoms with Crippen LogP contribution >= 0.6 is 22.6 Å². The molecule has 96 valence electrons. The van der Waals surface area contributed by atoms with Crippen LogP contribution in [0.25, 0.3) is 0 Å². The molecule has 0 aliphatic carbocycles. The van der Waals surface area contributed by atoms with Crippen molar-refractivity contribution < 1.29 is 9.90 Å². The van der Waals surface area contributed by atoms with Crippen molar-refractivity contribution in [1.82, 2.24) is 10.4 Å². The van der Waals surface area contributed by atoms with E-state index < -0.39 is 5.91 Å². The van der Waals surface area contributed by atoms with Crippen molar-refractivity contribution >= 4 is 34.7 Å². The van der Waals surface area contributed by atoms with E-state index in [0.717, 1.165) is 9.13 Å². The zero-order valence-corrected chi connectivity index (χ0v) is 11.9. The molecule has 1 aromatic heterocycles. The van der Waals surface area contributed by atoms with E-state index in [1.54, 1.807) is 36.7 Å². The molecule has 2 aromatic rings. The topological polar surface area (TPSA) is 74.6 Å². The summed E-state index contributed by atoms with van der Waals surface area (Å²) < 4.78 is 0.860. The molecule has 0 radical (unpaired) electrons. The van der Waals surface area contributed by atoms with Gasteiger partial charge in [0.05, 0.1) is 11.8 Å². The fourth-order valence-corrected chi connectivity index (χ4v) is 1.86. The number of amides is 1. The molecule has 0 atom stereocenters. The molecule has 0 unspecified atom stereocenters. The number of aromatic hydroxyl groups is 1. The number of aromatic nitrogens is 1. The van der Waals surface area contributed by atoms with E-state index in [0.29, 0.717) is 0 Å². The Labute approximate surface area is 123 Å². The Hall–Kier alpha value is -1.96. The predicted octanol–water partition coefficient (Wildman–Crippen LogP) is 2.16. The highest BCUT2D eigenvalue weighted by molar-refractivity contribution is 14.1. The number of nitrogens with one attached hydrogen (secondary N) is 1. The highest BCUT2D eigenvalue weighted by Gasteiger charge is 2.10. The molecule has 0 aliphatic rings. The van der Waals surface area contributed by atoms with Crippen molar-refractivity contribution in [1.29, 1.82) is 0 Å². The first-order valence-corrected chi connectivity index (χ1v) is 6.46. The van der Waals surface area contributed by atoms with Gasteiger partial charge in [-0.25, -0.2) is 5.43 Å². The summed E-state index contributed by atoms with van der Waals surface area (Å²) in [5, 5.41) is 13.4. The third-order valence-electron chi connectivity index (χ3n) is 2.29. The highest BCUT2D eigenvalue weighted by Crippen LogP contribution is 2.19. The minimum atomic E-state index is -0.457. The van der Waals surface area contributed by atoms with Gasteiger partial charge in [-0.1, -0.05) is 0 Å². The Morgan fingerprint density at radius 3 is 2.79 bits per heavy atom. The molecule has 2 N–H and O–H groups in total. The molecule has 0 fully saturated rings. The van der Waals surface area contributed by atoms with E-state index in [2.05, 4.69) is 38.1 Å². The number of hydrazone groups is 1. The number of phenols is 1. The van der Waals surface area contributed by atoms with Crippen LogP contribution in [0.15, 0.2) is 47.8 Å². The van der Waals surface area contributed by atoms with Crippen molar-refractivity contribution in [2.45, 2.75) is 0 Å². The maximum atomic E-state index is 11.8. The number of phenolic OH excluding ortho intramolecular Hbond substituents is 1. The quantitative estimate of drug-likeness (QED) is 0.496. The number of hydrogen-bond acceptors (Lipinski definition) is 4. The van der Waals surface area contributed by atoms with Crippen LogP contribution in [0.2, 0.25) is 0 Å². The summed E-state index contributed by atoms with van der Waals surface area (Å²) in [5.41, 5.74) is 3.38. The molecule has 0 bridgehead atoms. The zero-order valence-electron chi connectivity index (χ0n) is 9.75. The number of nitrogens with zero attached hydrogens (tertiary/aromatic N) is 2. The molecule has 0 saturated heterocycles. The van der Waals surface area contributed by atoms with E-state index in [4.69, 9.17) is 0 Å². The van der Waals surface area contributed by atoms with Gasteiger partial charge in [0.2, 0.25) is 0 Å². The van der Waals surface area contributed by atoms with Gasteiger partial charge in [0.15, 0.2) is 0 Å². The molecule has 2 rings (SSSR count). The fraction of sp³-hybridized carbons (Fsp3) is 0. The average molecular weight is 367 g/mol. The Bertz CT molecular complexity index is 615. The van der Waals surface area contributed by atoms with Crippen molar-refractivity contribution in [2.24, 2.45) is 5.10 Å². The number of halogens is 1. The summed E-state index contributed by atoms with van der Waals surface area (Å²) in [6.45, 7) is 0. The second-order valence-corrected chi connectivity index (χ2v) is 4.89. The van der Waals surface area contributed by atoms with Gasteiger partial charge >= 0.3 is 0 Å². The summed E-state index contributed by atoms with van der Waals surface area (Å²) in [5.74, 6) is -0.529. The Kier molecular flexibility index (Phi) is 4.45. The van der Waals surface area contributed by atoms with Gasteiger partial charge in [-0.05, 0) is 58.5 Å². The second kappa shape index (κ2) is 6.28. The van der Waals surface area contributed by atoms with Gasteiger partial charge in [-0.2, -0.15) is 5.10 Å². The lowest BCUT2D eigenvalue weighted by molar-refractivity contribution is 0.0952. The summed E-state index contributed by atoms with van der Waals surface area (Å²) in [4.78, 5) is 15.7. The largest absolute Gasteiger partial charge is 0.507 e. The van der Waals surface area contributed by atoms with Crippen LogP contribution in [0, 0.1) is 3.57 Å². The number of rotatable bonds is 3. The van der Waals surface area contributed by atoms with Crippen molar-refractivity contribution in [3.05, 3.63) is 57.4 Å². The number of benzene rings is 1. The van der Waals surface area contributed by atoms with Crippen LogP contribution in [-0.2, 0) is 0 Å². The van der Waals surface area contributed by atoms with Gasteiger partial charge < -0.3 is 5.11 Å². The lowest BCUT2D eigenvalue weighted by atomic mass is 10.2.